The Morgan fingerprint density at radius 3 is 1.77 bits per heavy atom. The number of alkyl halides is 9. The molecule has 3 rings (SSSR count). The molecule has 1 aliphatic heterocycles. The highest BCUT2D eigenvalue weighted by atomic mass is 19.4. The number of hydrogen-bond donors (Lipinski definition) is 1. The Bertz CT molecular complexity index is 984. The van der Waals surface area contributed by atoms with Crippen LogP contribution in [0.1, 0.15) is 59.1 Å². The van der Waals surface area contributed by atoms with Gasteiger partial charge in [0.1, 0.15) is 5.75 Å². The number of phenolic OH excluding ortho intramolecular Hbond substituents is 1. The number of piperidine rings is 1. The van der Waals surface area contributed by atoms with Crippen LogP contribution in [0.2, 0.25) is 0 Å². The zero-order valence-corrected chi connectivity index (χ0v) is 18.5. The Labute approximate surface area is 196 Å². The number of phenols is 1. The van der Waals surface area contributed by atoms with Crippen LogP contribution in [0.15, 0.2) is 30.3 Å². The number of hydrogen-bond acceptors (Lipinski definition) is 2. The average Bonchev–Trinajstić information content (AvgIpc) is 2.74. The molecule has 0 atom stereocenters. The third-order valence-electron chi connectivity index (χ3n) is 6.07. The van der Waals surface area contributed by atoms with Gasteiger partial charge in [-0.3, -0.25) is 4.90 Å². The van der Waals surface area contributed by atoms with Gasteiger partial charge in [0, 0.05) is 12.1 Å². The smallest absolute Gasteiger partial charge is 0.416 e. The van der Waals surface area contributed by atoms with E-state index in [1.165, 1.54) is 6.07 Å². The number of nitrogens with zero attached hydrogens (tertiary/aromatic N) is 1. The maximum absolute atomic E-state index is 13.5. The molecule has 0 bridgehead atoms. The van der Waals surface area contributed by atoms with Gasteiger partial charge in [-0.05, 0) is 74.5 Å². The lowest BCUT2D eigenvalue weighted by atomic mass is 9.91. The summed E-state index contributed by atoms with van der Waals surface area (Å²) in [5.74, 6) is -0.0189. The SMILES string of the molecule is Oc1cc(CCCc2c(C(F)(F)F)cc(C(F)(F)F)cc2C(F)(F)F)ccc1CN1CCCCC1. The summed E-state index contributed by atoms with van der Waals surface area (Å²) < 4.78 is 120. The highest BCUT2D eigenvalue weighted by Gasteiger charge is 2.44. The standard InChI is InChI=1S/C24H24F9NO/c25-22(26,27)17-12-19(23(28,29)30)18(20(13-17)24(31,32)33)6-4-5-15-7-8-16(21(35)11-15)14-34-9-2-1-3-10-34/h7-8,11-13,35H,1-6,9-10,14H2. The van der Waals surface area contributed by atoms with E-state index < -0.39 is 47.2 Å². The molecule has 2 nitrogen and oxygen atoms in total. The van der Waals surface area contributed by atoms with E-state index in [-0.39, 0.29) is 30.7 Å². The molecule has 0 amide bonds. The van der Waals surface area contributed by atoms with Crippen LogP contribution in [-0.4, -0.2) is 23.1 Å². The van der Waals surface area contributed by atoms with Crippen molar-refractivity contribution in [2.24, 2.45) is 0 Å². The monoisotopic (exact) mass is 513 g/mol. The van der Waals surface area contributed by atoms with Crippen LogP contribution in [0.3, 0.4) is 0 Å². The minimum Gasteiger partial charge on any atom is -0.508 e. The molecular weight excluding hydrogens is 489 g/mol. The minimum atomic E-state index is -5.40. The minimum absolute atomic E-state index is 0.0189. The van der Waals surface area contributed by atoms with E-state index in [1.807, 2.05) is 0 Å². The lowest BCUT2D eigenvalue weighted by Gasteiger charge is -2.26. The second-order valence-corrected chi connectivity index (χ2v) is 8.70. The Kier molecular flexibility index (Phi) is 7.98. The van der Waals surface area contributed by atoms with E-state index in [9.17, 15) is 44.6 Å². The first-order valence-electron chi connectivity index (χ1n) is 11.1. The molecule has 0 spiro atoms. The fourth-order valence-corrected chi connectivity index (χ4v) is 4.34. The first-order valence-corrected chi connectivity index (χ1v) is 11.1. The van der Waals surface area contributed by atoms with Gasteiger partial charge in [-0.2, -0.15) is 39.5 Å². The van der Waals surface area contributed by atoms with Gasteiger partial charge in [-0.25, -0.2) is 0 Å². The molecule has 0 unspecified atom stereocenters. The summed E-state index contributed by atoms with van der Waals surface area (Å²) in [6.07, 6.45) is -13.8. The van der Waals surface area contributed by atoms with Crippen molar-refractivity contribution in [2.75, 3.05) is 13.1 Å². The molecule has 2 aromatic carbocycles. The molecule has 35 heavy (non-hydrogen) atoms. The van der Waals surface area contributed by atoms with E-state index in [2.05, 4.69) is 4.90 Å². The largest absolute Gasteiger partial charge is 0.508 e. The molecule has 0 saturated carbocycles. The van der Waals surface area contributed by atoms with Crippen LogP contribution < -0.4 is 0 Å². The predicted octanol–water partition coefficient (Wildman–Crippen LogP) is 7.61. The van der Waals surface area contributed by atoms with Crippen molar-refractivity contribution in [3.63, 3.8) is 0 Å². The maximum Gasteiger partial charge on any atom is 0.416 e. The molecule has 1 saturated heterocycles. The van der Waals surface area contributed by atoms with Crippen molar-refractivity contribution in [3.05, 3.63) is 63.7 Å². The summed E-state index contributed by atoms with van der Waals surface area (Å²) >= 11 is 0. The lowest BCUT2D eigenvalue weighted by Crippen LogP contribution is -2.29. The van der Waals surface area contributed by atoms with E-state index in [1.54, 1.807) is 12.1 Å². The van der Waals surface area contributed by atoms with Gasteiger partial charge < -0.3 is 5.11 Å². The Balaban J connectivity index is 1.80. The van der Waals surface area contributed by atoms with Gasteiger partial charge in [0.2, 0.25) is 0 Å². The van der Waals surface area contributed by atoms with Crippen molar-refractivity contribution in [1.29, 1.82) is 0 Å². The molecule has 0 radical (unpaired) electrons. The van der Waals surface area contributed by atoms with E-state index in [0.29, 0.717) is 17.7 Å². The van der Waals surface area contributed by atoms with Gasteiger partial charge in [0.25, 0.3) is 0 Å². The third kappa shape index (κ3) is 7.05. The number of aromatic hydroxyl groups is 1. The fourth-order valence-electron chi connectivity index (χ4n) is 4.34. The van der Waals surface area contributed by atoms with Gasteiger partial charge in [0.15, 0.2) is 0 Å². The van der Waals surface area contributed by atoms with Crippen molar-refractivity contribution >= 4 is 0 Å². The van der Waals surface area contributed by atoms with E-state index in [0.717, 1.165) is 32.4 Å². The van der Waals surface area contributed by atoms with Crippen molar-refractivity contribution in [2.45, 2.75) is 63.6 Å². The summed E-state index contributed by atoms with van der Waals surface area (Å²) in [5.41, 5.74) is -5.95. The summed E-state index contributed by atoms with van der Waals surface area (Å²) in [6.45, 7) is 2.33. The number of rotatable bonds is 6. The van der Waals surface area contributed by atoms with Crippen LogP contribution in [0.4, 0.5) is 39.5 Å². The normalized spacial score (nSPS) is 16.0. The molecule has 0 aromatic heterocycles. The molecule has 1 fully saturated rings. The molecule has 0 aliphatic carbocycles. The first-order chi connectivity index (χ1) is 16.2. The summed E-state index contributed by atoms with van der Waals surface area (Å²) in [7, 11) is 0. The number of benzene rings is 2. The van der Waals surface area contributed by atoms with Crippen molar-refractivity contribution in [3.8, 4) is 5.75 Å². The predicted molar refractivity (Wildman–Crippen MR) is 111 cm³/mol. The highest BCUT2D eigenvalue weighted by molar-refractivity contribution is 5.44. The molecule has 194 valence electrons. The molecule has 1 heterocycles. The van der Waals surface area contributed by atoms with Gasteiger partial charge in [-0.1, -0.05) is 18.6 Å². The molecule has 1 N–H and O–H groups in total. The second kappa shape index (κ2) is 10.3. The highest BCUT2D eigenvalue weighted by Crippen LogP contribution is 2.44. The summed E-state index contributed by atoms with van der Waals surface area (Å²) in [4.78, 5) is 2.18. The number of aryl methyl sites for hydroxylation is 1. The molecule has 1 aliphatic rings. The first kappa shape index (κ1) is 27.2. The van der Waals surface area contributed by atoms with Crippen LogP contribution in [0.25, 0.3) is 0 Å². The van der Waals surface area contributed by atoms with Crippen LogP contribution in [0, 0.1) is 0 Å². The fraction of sp³-hybridized carbons (Fsp3) is 0.500. The Morgan fingerprint density at radius 2 is 1.29 bits per heavy atom. The van der Waals surface area contributed by atoms with Gasteiger partial charge in [0.05, 0.1) is 16.7 Å². The quantitative estimate of drug-likeness (QED) is 0.402. The Hall–Kier alpha value is -2.43. The lowest BCUT2D eigenvalue weighted by molar-refractivity contribution is -0.149. The van der Waals surface area contributed by atoms with Gasteiger partial charge >= 0.3 is 18.5 Å². The maximum atomic E-state index is 13.5. The third-order valence-corrected chi connectivity index (χ3v) is 6.07. The van der Waals surface area contributed by atoms with E-state index >= 15 is 0 Å². The van der Waals surface area contributed by atoms with E-state index in [4.69, 9.17) is 0 Å². The molecule has 2 aromatic rings. The topological polar surface area (TPSA) is 23.5 Å². The van der Waals surface area contributed by atoms with Crippen LogP contribution in [0.5, 0.6) is 5.75 Å². The van der Waals surface area contributed by atoms with Crippen molar-refractivity contribution in [1.82, 2.24) is 4.90 Å². The number of likely N-dealkylation sites (tertiary alicyclic amines) is 1. The van der Waals surface area contributed by atoms with Crippen LogP contribution >= 0.6 is 0 Å². The molecule has 11 heteroatoms. The molecular formula is C24H24F9NO. The van der Waals surface area contributed by atoms with Crippen molar-refractivity contribution < 1.29 is 44.6 Å². The zero-order chi connectivity index (χ0) is 26.0. The average molecular weight is 513 g/mol. The van der Waals surface area contributed by atoms with Gasteiger partial charge in [-0.15, -0.1) is 0 Å². The zero-order valence-electron chi connectivity index (χ0n) is 18.5. The summed E-state index contributed by atoms with van der Waals surface area (Å²) in [5, 5.41) is 10.3. The van der Waals surface area contributed by atoms with Crippen LogP contribution in [-0.2, 0) is 37.9 Å². The number of halogens is 9. The Morgan fingerprint density at radius 1 is 0.714 bits per heavy atom. The summed E-state index contributed by atoms with van der Waals surface area (Å²) in [6, 6.07) is 4.18. The second-order valence-electron chi connectivity index (χ2n) is 8.70.